The molecular formula is C25H22N2O5. The van der Waals surface area contributed by atoms with Crippen LogP contribution in [0, 0.1) is 0 Å². The van der Waals surface area contributed by atoms with Crippen LogP contribution in [0.5, 0.6) is 5.75 Å². The Hall–Kier alpha value is -3.87. The monoisotopic (exact) mass is 430 g/mol. The fourth-order valence-corrected chi connectivity index (χ4v) is 3.96. The second-order valence-corrected chi connectivity index (χ2v) is 7.88. The molecule has 2 heterocycles. The van der Waals surface area contributed by atoms with Crippen LogP contribution in [-0.2, 0) is 6.54 Å². The van der Waals surface area contributed by atoms with Crippen LogP contribution >= 0.6 is 0 Å². The molecule has 0 bridgehead atoms. The number of amides is 3. The van der Waals surface area contributed by atoms with Crippen molar-refractivity contribution in [3.8, 4) is 5.75 Å². The number of rotatable bonds is 7. The number of imide groups is 1. The molecule has 0 atom stereocenters. The van der Waals surface area contributed by atoms with E-state index >= 15 is 0 Å². The summed E-state index contributed by atoms with van der Waals surface area (Å²) in [6, 6.07) is 15.3. The number of carbonyl (C=O) groups excluding carboxylic acids is 3. The molecule has 32 heavy (non-hydrogen) atoms. The zero-order valence-corrected chi connectivity index (χ0v) is 17.6. The van der Waals surface area contributed by atoms with Crippen molar-refractivity contribution in [3.05, 3.63) is 83.3 Å². The second-order valence-electron chi connectivity index (χ2n) is 7.88. The highest BCUT2D eigenvalue weighted by atomic mass is 16.5. The number of hydrogen-bond donors (Lipinski definition) is 0. The van der Waals surface area contributed by atoms with Gasteiger partial charge in [0.1, 0.15) is 11.5 Å². The summed E-state index contributed by atoms with van der Waals surface area (Å²) in [6.45, 7) is 2.79. The third kappa shape index (κ3) is 3.56. The molecule has 3 aromatic rings. The summed E-state index contributed by atoms with van der Waals surface area (Å²) in [7, 11) is 0. The van der Waals surface area contributed by atoms with Gasteiger partial charge in [-0.05, 0) is 74.4 Å². The van der Waals surface area contributed by atoms with E-state index in [1.807, 2.05) is 13.0 Å². The van der Waals surface area contributed by atoms with Crippen molar-refractivity contribution in [1.82, 2.24) is 4.90 Å². The molecular weight excluding hydrogens is 408 g/mol. The third-order valence-corrected chi connectivity index (χ3v) is 5.69. The lowest BCUT2D eigenvalue weighted by atomic mass is 10.0. The molecule has 1 aromatic heterocycles. The molecule has 0 spiro atoms. The Kier molecular flexibility index (Phi) is 5.01. The van der Waals surface area contributed by atoms with Gasteiger partial charge in [0.15, 0.2) is 0 Å². The number of nitrogens with zero attached hydrogens (tertiary/aromatic N) is 2. The van der Waals surface area contributed by atoms with Gasteiger partial charge in [0, 0.05) is 11.6 Å². The largest absolute Gasteiger partial charge is 0.494 e. The lowest BCUT2D eigenvalue weighted by Crippen LogP contribution is -2.32. The topological polar surface area (TPSA) is 80.1 Å². The van der Waals surface area contributed by atoms with Crippen molar-refractivity contribution in [3.63, 3.8) is 0 Å². The maximum absolute atomic E-state index is 13.3. The van der Waals surface area contributed by atoms with Gasteiger partial charge in [-0.3, -0.25) is 14.4 Å². The van der Waals surface area contributed by atoms with E-state index in [-0.39, 0.29) is 17.5 Å². The number of hydrogen-bond acceptors (Lipinski definition) is 5. The number of carbonyl (C=O) groups is 3. The highest BCUT2D eigenvalue weighted by molar-refractivity contribution is 6.34. The molecule has 0 radical (unpaired) electrons. The normalized spacial score (nSPS) is 15.1. The Bertz CT molecular complexity index is 1180. The van der Waals surface area contributed by atoms with Gasteiger partial charge in [0.2, 0.25) is 0 Å². The highest BCUT2D eigenvalue weighted by Crippen LogP contribution is 2.33. The minimum absolute atomic E-state index is 0.165. The number of benzene rings is 2. The van der Waals surface area contributed by atoms with Crippen LogP contribution in [0.2, 0.25) is 0 Å². The molecule has 3 amide bonds. The third-order valence-electron chi connectivity index (χ3n) is 5.69. The summed E-state index contributed by atoms with van der Waals surface area (Å²) in [5.41, 5.74) is 1.38. The first-order valence-electron chi connectivity index (χ1n) is 10.7. The predicted octanol–water partition coefficient (Wildman–Crippen LogP) is 4.28. The molecule has 5 rings (SSSR count). The molecule has 7 heteroatoms. The average Bonchev–Trinajstić information content (AvgIpc) is 3.46. The standard InChI is InChI=1S/C25H22N2O5/c1-2-31-19-10-8-18(9-11-19)27-24(29)21-12-5-16(14-22(21)25(27)30)23(28)26(17-6-7-17)15-20-4-3-13-32-20/h3-5,8-14,17H,2,6-7,15H2,1H3. The fourth-order valence-electron chi connectivity index (χ4n) is 3.96. The summed E-state index contributed by atoms with van der Waals surface area (Å²) < 4.78 is 10.8. The second kappa shape index (κ2) is 8.00. The van der Waals surface area contributed by atoms with E-state index in [9.17, 15) is 14.4 Å². The Balaban J connectivity index is 1.41. The number of fused-ring (bicyclic) bond motifs is 1. The lowest BCUT2D eigenvalue weighted by Gasteiger charge is -2.21. The molecule has 2 aromatic carbocycles. The van der Waals surface area contributed by atoms with Gasteiger partial charge in [0.25, 0.3) is 17.7 Å². The van der Waals surface area contributed by atoms with Crippen LogP contribution in [0.4, 0.5) is 5.69 Å². The first kappa shape index (κ1) is 20.1. The van der Waals surface area contributed by atoms with Crippen molar-refractivity contribution in [1.29, 1.82) is 0 Å². The highest BCUT2D eigenvalue weighted by Gasteiger charge is 2.39. The molecule has 2 aliphatic rings. The van der Waals surface area contributed by atoms with E-state index in [0.717, 1.165) is 17.7 Å². The maximum atomic E-state index is 13.3. The van der Waals surface area contributed by atoms with Crippen molar-refractivity contribution in [2.24, 2.45) is 0 Å². The maximum Gasteiger partial charge on any atom is 0.266 e. The minimum atomic E-state index is -0.437. The lowest BCUT2D eigenvalue weighted by molar-refractivity contribution is 0.0717. The first-order chi connectivity index (χ1) is 15.6. The zero-order valence-electron chi connectivity index (χ0n) is 17.6. The van der Waals surface area contributed by atoms with Gasteiger partial charge >= 0.3 is 0 Å². The summed E-state index contributed by atoms with van der Waals surface area (Å²) in [6.07, 6.45) is 3.47. The van der Waals surface area contributed by atoms with Crippen molar-refractivity contribution in [2.45, 2.75) is 32.4 Å². The SMILES string of the molecule is CCOc1ccc(N2C(=O)c3ccc(C(=O)N(Cc4ccco4)C4CC4)cc3C2=O)cc1. The van der Waals surface area contributed by atoms with Crippen molar-refractivity contribution < 1.29 is 23.5 Å². The van der Waals surface area contributed by atoms with Gasteiger partial charge in [-0.2, -0.15) is 0 Å². The van der Waals surface area contributed by atoms with Gasteiger partial charge < -0.3 is 14.1 Å². The van der Waals surface area contributed by atoms with Crippen molar-refractivity contribution in [2.75, 3.05) is 11.5 Å². The summed E-state index contributed by atoms with van der Waals surface area (Å²) in [5.74, 6) is 0.360. The summed E-state index contributed by atoms with van der Waals surface area (Å²) >= 11 is 0. The number of ether oxygens (including phenoxy) is 1. The van der Waals surface area contributed by atoms with Crippen LogP contribution in [0.3, 0.4) is 0 Å². The number of furan rings is 1. The van der Waals surface area contributed by atoms with Crippen LogP contribution in [0.15, 0.2) is 65.3 Å². The molecule has 7 nitrogen and oxygen atoms in total. The van der Waals surface area contributed by atoms with E-state index in [2.05, 4.69) is 0 Å². The molecule has 0 N–H and O–H groups in total. The smallest absolute Gasteiger partial charge is 0.266 e. The predicted molar refractivity (Wildman–Crippen MR) is 117 cm³/mol. The van der Waals surface area contributed by atoms with Crippen LogP contribution in [-0.4, -0.2) is 35.3 Å². The zero-order chi connectivity index (χ0) is 22.2. The molecule has 0 saturated heterocycles. The molecule has 1 aliphatic heterocycles. The Morgan fingerprint density at radius 3 is 2.47 bits per heavy atom. The molecule has 1 fully saturated rings. The molecule has 0 unspecified atom stereocenters. The van der Waals surface area contributed by atoms with E-state index in [0.29, 0.717) is 41.5 Å². The molecule has 162 valence electrons. The van der Waals surface area contributed by atoms with E-state index < -0.39 is 11.8 Å². The van der Waals surface area contributed by atoms with E-state index in [1.165, 1.54) is 6.07 Å². The van der Waals surface area contributed by atoms with Gasteiger partial charge in [-0.15, -0.1) is 0 Å². The van der Waals surface area contributed by atoms with E-state index in [1.54, 1.807) is 53.6 Å². The van der Waals surface area contributed by atoms with E-state index in [4.69, 9.17) is 9.15 Å². The van der Waals surface area contributed by atoms with Crippen LogP contribution < -0.4 is 9.64 Å². The van der Waals surface area contributed by atoms with Gasteiger partial charge in [0.05, 0.1) is 36.2 Å². The van der Waals surface area contributed by atoms with Gasteiger partial charge in [-0.1, -0.05) is 0 Å². The summed E-state index contributed by atoms with van der Waals surface area (Å²) in [4.78, 5) is 42.2. The van der Waals surface area contributed by atoms with Crippen LogP contribution in [0.25, 0.3) is 0 Å². The Labute approximate surface area is 185 Å². The molecule has 1 saturated carbocycles. The van der Waals surface area contributed by atoms with Crippen LogP contribution in [0.1, 0.15) is 56.6 Å². The Morgan fingerprint density at radius 1 is 1.06 bits per heavy atom. The van der Waals surface area contributed by atoms with Crippen molar-refractivity contribution >= 4 is 23.4 Å². The molecule has 1 aliphatic carbocycles. The average molecular weight is 430 g/mol. The quantitative estimate of drug-likeness (QED) is 0.523. The minimum Gasteiger partial charge on any atom is -0.494 e. The summed E-state index contributed by atoms with van der Waals surface area (Å²) in [5, 5.41) is 0. The fraction of sp³-hybridized carbons (Fsp3) is 0.240. The first-order valence-corrected chi connectivity index (χ1v) is 10.7. The van der Waals surface area contributed by atoms with Gasteiger partial charge in [-0.25, -0.2) is 4.90 Å². The number of anilines is 1. The Morgan fingerprint density at radius 2 is 1.81 bits per heavy atom.